The summed E-state index contributed by atoms with van der Waals surface area (Å²) in [4.78, 5) is 37.2. The number of non-ortho nitro benzene ring substituents is 1. The van der Waals surface area contributed by atoms with Gasteiger partial charge in [0.25, 0.3) is 11.6 Å². The molecule has 7 nitrogen and oxygen atoms in total. The van der Waals surface area contributed by atoms with Crippen LogP contribution in [0.25, 0.3) is 0 Å². The molecule has 34 heavy (non-hydrogen) atoms. The van der Waals surface area contributed by atoms with Crippen molar-refractivity contribution >= 4 is 23.1 Å². The van der Waals surface area contributed by atoms with E-state index in [4.69, 9.17) is 0 Å². The summed E-state index contributed by atoms with van der Waals surface area (Å²) in [7, 11) is 0. The predicted octanol–water partition coefficient (Wildman–Crippen LogP) is 5.12. The fourth-order valence-electron chi connectivity index (χ4n) is 4.66. The molecule has 1 aliphatic carbocycles. The van der Waals surface area contributed by atoms with E-state index >= 15 is 0 Å². The highest BCUT2D eigenvalue weighted by Gasteiger charge is 2.43. The number of nitro groups is 1. The van der Waals surface area contributed by atoms with Gasteiger partial charge in [0.05, 0.1) is 4.92 Å². The molecular formula is C25H23F2N3O4. The first-order chi connectivity index (χ1) is 16.0. The van der Waals surface area contributed by atoms with Crippen LogP contribution in [0.1, 0.15) is 45.1 Å². The van der Waals surface area contributed by atoms with Crippen LogP contribution >= 0.6 is 0 Å². The summed E-state index contributed by atoms with van der Waals surface area (Å²) in [6.45, 7) is 5.60. The number of dihydropyridines is 1. The molecule has 176 valence electrons. The fraction of sp³-hybridized carbons (Fsp3) is 0.280. The maximum Gasteiger partial charge on any atom is 0.269 e. The third kappa shape index (κ3) is 4.21. The summed E-state index contributed by atoms with van der Waals surface area (Å²) < 4.78 is 28.4. The van der Waals surface area contributed by atoms with Gasteiger partial charge in [-0.1, -0.05) is 32.0 Å². The van der Waals surface area contributed by atoms with Gasteiger partial charge in [-0.15, -0.1) is 0 Å². The van der Waals surface area contributed by atoms with E-state index in [-0.39, 0.29) is 28.9 Å². The number of amides is 1. The normalized spacial score (nSPS) is 19.4. The molecule has 4 rings (SSSR count). The Morgan fingerprint density at radius 3 is 2.32 bits per heavy atom. The minimum absolute atomic E-state index is 0.114. The summed E-state index contributed by atoms with van der Waals surface area (Å²) in [6.07, 6.45) is 0.818. The van der Waals surface area contributed by atoms with Gasteiger partial charge in [-0.05, 0) is 36.5 Å². The van der Waals surface area contributed by atoms with Crippen molar-refractivity contribution in [1.29, 1.82) is 0 Å². The molecule has 1 atom stereocenters. The molecule has 0 spiro atoms. The second kappa shape index (κ2) is 8.48. The van der Waals surface area contributed by atoms with Crippen LogP contribution in [0.3, 0.4) is 0 Å². The lowest BCUT2D eigenvalue weighted by atomic mass is 9.68. The zero-order valence-electron chi connectivity index (χ0n) is 18.9. The molecule has 2 N–H and O–H groups in total. The number of benzene rings is 2. The zero-order valence-corrected chi connectivity index (χ0v) is 18.9. The molecule has 1 aliphatic heterocycles. The topological polar surface area (TPSA) is 101 Å². The Bertz CT molecular complexity index is 1260. The van der Waals surface area contributed by atoms with Crippen LogP contribution in [-0.4, -0.2) is 16.6 Å². The number of ketones is 1. The average molecular weight is 467 g/mol. The zero-order chi connectivity index (χ0) is 24.8. The number of hydrogen-bond donors (Lipinski definition) is 2. The molecule has 0 saturated carbocycles. The van der Waals surface area contributed by atoms with Crippen molar-refractivity contribution in [2.24, 2.45) is 5.41 Å². The van der Waals surface area contributed by atoms with Crippen molar-refractivity contribution in [2.45, 2.75) is 39.5 Å². The van der Waals surface area contributed by atoms with Crippen LogP contribution in [0.4, 0.5) is 20.2 Å². The molecule has 0 bridgehead atoms. The van der Waals surface area contributed by atoms with Gasteiger partial charge < -0.3 is 10.6 Å². The molecule has 0 aromatic heterocycles. The summed E-state index contributed by atoms with van der Waals surface area (Å²) in [5.74, 6) is -3.65. The first kappa shape index (κ1) is 23.3. The van der Waals surface area contributed by atoms with Gasteiger partial charge >= 0.3 is 0 Å². The lowest BCUT2D eigenvalue weighted by Gasteiger charge is -2.39. The minimum Gasteiger partial charge on any atom is -0.362 e. The van der Waals surface area contributed by atoms with E-state index in [9.17, 15) is 28.5 Å². The number of nitrogens with zero attached hydrogens (tertiary/aromatic N) is 1. The monoisotopic (exact) mass is 467 g/mol. The summed E-state index contributed by atoms with van der Waals surface area (Å²) in [6, 6.07) is 8.84. The third-order valence-corrected chi connectivity index (χ3v) is 6.12. The van der Waals surface area contributed by atoms with Crippen LogP contribution < -0.4 is 10.6 Å². The van der Waals surface area contributed by atoms with E-state index in [0.717, 1.165) is 12.1 Å². The highest BCUT2D eigenvalue weighted by molar-refractivity contribution is 6.10. The van der Waals surface area contributed by atoms with Crippen LogP contribution in [0.2, 0.25) is 0 Å². The van der Waals surface area contributed by atoms with Crippen LogP contribution in [0.5, 0.6) is 0 Å². The summed E-state index contributed by atoms with van der Waals surface area (Å²) >= 11 is 0. The molecule has 1 heterocycles. The Hall–Kier alpha value is -3.88. The van der Waals surface area contributed by atoms with Crippen molar-refractivity contribution in [2.75, 3.05) is 5.32 Å². The Kier molecular flexibility index (Phi) is 5.80. The molecule has 9 heteroatoms. The Balaban J connectivity index is 1.83. The maximum absolute atomic E-state index is 14.2. The highest BCUT2D eigenvalue weighted by Crippen LogP contribution is 2.47. The van der Waals surface area contributed by atoms with Gasteiger partial charge in [0, 0.05) is 47.0 Å². The van der Waals surface area contributed by atoms with Crippen molar-refractivity contribution in [3.05, 3.63) is 92.3 Å². The fourth-order valence-corrected chi connectivity index (χ4v) is 4.66. The molecule has 2 aromatic rings. The lowest BCUT2D eigenvalue weighted by Crippen LogP contribution is -2.39. The standard InChI is InChI=1S/C25H23F2N3O4/c1-13-20(24(32)29-23-16(26)5-4-6-17(23)27)21(14-7-9-15(10-8-14)30(33)34)22-18(28-13)11-25(2,3)12-19(22)31/h4-10,21,28H,11-12H2,1-3H3,(H,29,32). The van der Waals surface area contributed by atoms with Crippen LogP contribution in [0, 0.1) is 27.2 Å². The molecule has 0 radical (unpaired) electrons. The van der Waals surface area contributed by atoms with Crippen molar-refractivity contribution < 1.29 is 23.3 Å². The van der Waals surface area contributed by atoms with Gasteiger partial charge in [0.2, 0.25) is 0 Å². The van der Waals surface area contributed by atoms with Crippen molar-refractivity contribution in [1.82, 2.24) is 5.32 Å². The first-order valence-corrected chi connectivity index (χ1v) is 10.7. The number of Topliss-reactive ketones (excluding diaryl/α,β-unsaturated/α-hetero) is 1. The number of halogens is 2. The number of nitrogens with one attached hydrogen (secondary N) is 2. The SMILES string of the molecule is CC1=C(C(=O)Nc2c(F)cccc2F)C(c2ccc([N+](=O)[O-])cc2)C2=C(CC(C)(C)CC2=O)N1. The van der Waals surface area contributed by atoms with E-state index in [1.165, 1.54) is 30.3 Å². The number of para-hydroxylation sites is 1. The number of carbonyl (C=O) groups is 2. The summed E-state index contributed by atoms with van der Waals surface area (Å²) in [5, 5.41) is 16.6. The quantitative estimate of drug-likeness (QED) is 0.480. The average Bonchev–Trinajstić information content (AvgIpc) is 2.74. The van der Waals surface area contributed by atoms with Crippen LogP contribution in [0.15, 0.2) is 65.0 Å². The Labute approximate surface area is 194 Å². The van der Waals surface area contributed by atoms with E-state index in [0.29, 0.717) is 29.0 Å². The molecule has 1 unspecified atom stereocenters. The molecule has 2 aliphatic rings. The molecule has 2 aromatic carbocycles. The third-order valence-electron chi connectivity index (χ3n) is 6.12. The van der Waals surface area contributed by atoms with Gasteiger partial charge in [-0.25, -0.2) is 8.78 Å². The van der Waals surface area contributed by atoms with E-state index < -0.39 is 34.1 Å². The lowest BCUT2D eigenvalue weighted by molar-refractivity contribution is -0.384. The second-order valence-corrected chi connectivity index (χ2v) is 9.33. The smallest absolute Gasteiger partial charge is 0.269 e. The maximum atomic E-state index is 14.2. The number of allylic oxidation sites excluding steroid dienone is 3. The first-order valence-electron chi connectivity index (χ1n) is 10.7. The Morgan fingerprint density at radius 2 is 1.74 bits per heavy atom. The van der Waals surface area contributed by atoms with Crippen molar-refractivity contribution in [3.63, 3.8) is 0 Å². The molecule has 0 fully saturated rings. The number of nitro benzene ring substituents is 1. The molecule has 0 saturated heterocycles. The van der Waals surface area contributed by atoms with Crippen LogP contribution in [-0.2, 0) is 9.59 Å². The minimum atomic E-state index is -0.933. The number of anilines is 1. The molecular weight excluding hydrogens is 444 g/mol. The van der Waals surface area contributed by atoms with Crippen molar-refractivity contribution in [3.8, 4) is 0 Å². The molecule has 1 amide bonds. The Morgan fingerprint density at radius 1 is 1.12 bits per heavy atom. The number of rotatable bonds is 4. The van der Waals surface area contributed by atoms with Gasteiger partial charge in [-0.3, -0.25) is 19.7 Å². The number of carbonyl (C=O) groups excluding carboxylic acids is 2. The van der Waals surface area contributed by atoms with Gasteiger partial charge in [0.1, 0.15) is 17.3 Å². The summed E-state index contributed by atoms with van der Waals surface area (Å²) in [5.41, 5.74) is 1.08. The largest absolute Gasteiger partial charge is 0.362 e. The van der Waals surface area contributed by atoms with E-state index in [1.807, 2.05) is 13.8 Å². The van der Waals surface area contributed by atoms with Gasteiger partial charge in [0.15, 0.2) is 5.78 Å². The second-order valence-electron chi connectivity index (χ2n) is 9.33. The highest BCUT2D eigenvalue weighted by atomic mass is 19.1. The van der Waals surface area contributed by atoms with E-state index in [1.54, 1.807) is 6.92 Å². The predicted molar refractivity (Wildman–Crippen MR) is 122 cm³/mol. The van der Waals surface area contributed by atoms with E-state index in [2.05, 4.69) is 10.6 Å². The number of hydrogen-bond acceptors (Lipinski definition) is 5. The van der Waals surface area contributed by atoms with Gasteiger partial charge in [-0.2, -0.15) is 0 Å².